The van der Waals surface area contributed by atoms with Crippen LogP contribution >= 0.6 is 22.7 Å². The molecule has 0 aliphatic heterocycles. The Morgan fingerprint density at radius 3 is 0.877 bits per heavy atom. The number of thiophene rings is 2. The highest BCUT2D eigenvalue weighted by atomic mass is 32.1. The molecule has 610 valence electrons. The molecule has 7 nitrogen and oxygen atoms in total. The van der Waals surface area contributed by atoms with E-state index in [4.69, 9.17) is 0 Å². The van der Waals surface area contributed by atoms with E-state index in [1.807, 2.05) is 22.7 Å². The first kappa shape index (κ1) is 74.8. The summed E-state index contributed by atoms with van der Waals surface area (Å²) in [6, 6.07) is 167. The molecule has 28 aromatic rings. The SMILES string of the molecule is Cn1c2ccccc2c2c3cc(-c4ccc5sc6ccccc6c5c4)ccc3n(-c3ccccc3)c21.c1ccc(-c2cccc3c2sc2ccc(-c4ccc5c(c4)c4c6ccccc6n(-c6ccccc6)c4n5-c4ccccc4)cc23)cc1.c1ccc(-n2c3ccccc3c3cc(-c4ccc5c(c4)c4c6ccccc6n(-c6ccccc6)c4n5-c4ccccc4)ccc32)cc1. The second kappa shape index (κ2) is 30.4. The van der Waals surface area contributed by atoms with Gasteiger partial charge in [0.2, 0.25) is 0 Å². The Morgan fingerprint density at radius 1 is 0.162 bits per heavy atom. The summed E-state index contributed by atoms with van der Waals surface area (Å²) in [4.78, 5) is 0. The van der Waals surface area contributed by atoms with Crippen LogP contribution in [0.2, 0.25) is 0 Å². The lowest BCUT2D eigenvalue weighted by molar-refractivity contribution is 0.962. The van der Waals surface area contributed by atoms with Crippen LogP contribution < -0.4 is 0 Å². The van der Waals surface area contributed by atoms with Crippen molar-refractivity contribution in [2.45, 2.75) is 0 Å². The van der Waals surface area contributed by atoms with Gasteiger partial charge in [-0.05, 0) is 220 Å². The van der Waals surface area contributed by atoms with E-state index >= 15 is 0 Å². The Labute approximate surface area is 756 Å². The van der Waals surface area contributed by atoms with Crippen LogP contribution in [-0.4, -0.2) is 32.0 Å². The molecule has 0 bridgehead atoms. The van der Waals surface area contributed by atoms with Gasteiger partial charge in [0, 0.05) is 141 Å². The molecule has 0 N–H and O–H groups in total. The van der Waals surface area contributed by atoms with Crippen molar-refractivity contribution in [2.24, 2.45) is 7.05 Å². The average Bonchev–Trinajstić information content (AvgIpc) is 1.52. The van der Waals surface area contributed by atoms with E-state index in [0.717, 1.165) is 22.7 Å². The number of rotatable bonds is 10. The van der Waals surface area contributed by atoms with Gasteiger partial charge in [-0.15, -0.1) is 22.7 Å². The maximum atomic E-state index is 2.43. The smallest absolute Gasteiger partial charge is 0.131 e. The van der Waals surface area contributed by atoms with Gasteiger partial charge in [-0.1, -0.05) is 285 Å². The van der Waals surface area contributed by atoms with Crippen molar-refractivity contribution >= 4 is 183 Å². The third-order valence-corrected chi connectivity index (χ3v) is 29.0. The van der Waals surface area contributed by atoms with Crippen molar-refractivity contribution in [3.8, 4) is 78.6 Å². The van der Waals surface area contributed by atoms with E-state index < -0.39 is 0 Å². The van der Waals surface area contributed by atoms with E-state index in [0.29, 0.717) is 0 Å². The topological polar surface area (TPSA) is 34.5 Å². The maximum absolute atomic E-state index is 2.43. The van der Waals surface area contributed by atoms with Gasteiger partial charge >= 0.3 is 0 Å². The van der Waals surface area contributed by atoms with Crippen molar-refractivity contribution < 1.29 is 0 Å². The highest BCUT2D eigenvalue weighted by Gasteiger charge is 2.28. The third kappa shape index (κ3) is 11.9. The zero-order valence-corrected chi connectivity index (χ0v) is 72.5. The zero-order valence-electron chi connectivity index (χ0n) is 70.8. The maximum Gasteiger partial charge on any atom is 0.131 e. The minimum absolute atomic E-state index is 1.15. The minimum atomic E-state index is 1.15. The van der Waals surface area contributed by atoms with Crippen LogP contribution in [0, 0.1) is 0 Å². The van der Waals surface area contributed by atoms with E-state index in [2.05, 4.69) is 500 Å². The van der Waals surface area contributed by atoms with Crippen LogP contribution in [0.1, 0.15) is 0 Å². The third-order valence-electron chi connectivity index (χ3n) is 26.6. The second-order valence-corrected chi connectivity index (χ2v) is 36.0. The van der Waals surface area contributed by atoms with Crippen LogP contribution in [0.15, 0.2) is 461 Å². The van der Waals surface area contributed by atoms with Crippen molar-refractivity contribution in [1.82, 2.24) is 32.0 Å². The van der Waals surface area contributed by atoms with Gasteiger partial charge in [0.1, 0.15) is 16.9 Å². The largest absolute Gasteiger partial charge is 0.329 e. The molecule has 28 rings (SSSR count). The summed E-state index contributed by atoms with van der Waals surface area (Å²) in [6.45, 7) is 0. The van der Waals surface area contributed by atoms with Gasteiger partial charge in [-0.3, -0.25) is 22.8 Å². The summed E-state index contributed by atoms with van der Waals surface area (Å²) in [5, 5.41) is 19.3. The lowest BCUT2D eigenvalue weighted by Gasteiger charge is -2.13. The fourth-order valence-corrected chi connectivity index (χ4v) is 23.2. The molecule has 9 heterocycles. The van der Waals surface area contributed by atoms with Gasteiger partial charge in [-0.25, -0.2) is 0 Å². The molecule has 0 aliphatic carbocycles. The first-order valence-electron chi connectivity index (χ1n) is 44.4. The fraction of sp³-hybridized carbons (Fsp3) is 0.00826. The van der Waals surface area contributed by atoms with Gasteiger partial charge < -0.3 is 9.13 Å². The van der Waals surface area contributed by atoms with Crippen LogP contribution in [0.25, 0.3) is 239 Å². The van der Waals surface area contributed by atoms with Crippen molar-refractivity contribution in [2.75, 3.05) is 0 Å². The van der Waals surface area contributed by atoms with Crippen LogP contribution in [0.4, 0.5) is 0 Å². The minimum Gasteiger partial charge on any atom is -0.329 e. The van der Waals surface area contributed by atoms with E-state index in [1.165, 1.54) is 217 Å². The lowest BCUT2D eigenvalue weighted by atomic mass is 9.99. The zero-order chi connectivity index (χ0) is 85.6. The lowest BCUT2D eigenvalue weighted by Crippen LogP contribution is -2.01. The number of benzene rings is 19. The monoisotopic (exact) mass is 1690 g/mol. The molecule has 0 atom stereocenters. The molecule has 0 unspecified atom stereocenters. The average molecular weight is 1700 g/mol. The first-order valence-corrected chi connectivity index (χ1v) is 46.1. The fourth-order valence-electron chi connectivity index (χ4n) is 20.9. The summed E-state index contributed by atoms with van der Waals surface area (Å²) in [6.07, 6.45) is 0. The van der Waals surface area contributed by atoms with E-state index in [1.54, 1.807) is 0 Å². The molecule has 0 amide bonds. The van der Waals surface area contributed by atoms with Gasteiger partial charge in [0.15, 0.2) is 0 Å². The number of nitrogens with zero attached hydrogens (tertiary/aromatic N) is 7. The van der Waals surface area contributed by atoms with E-state index in [9.17, 15) is 0 Å². The normalized spacial score (nSPS) is 11.9. The summed E-state index contributed by atoms with van der Waals surface area (Å²) in [7, 11) is 2.18. The first-order chi connectivity index (χ1) is 64.5. The Bertz CT molecular complexity index is 9340. The molecule has 0 saturated carbocycles. The summed E-state index contributed by atoms with van der Waals surface area (Å²) in [5.74, 6) is 0. The summed E-state index contributed by atoms with van der Waals surface area (Å²) < 4.78 is 22.2. The molecule has 130 heavy (non-hydrogen) atoms. The number of hydrogen-bond donors (Lipinski definition) is 0. The predicted molar refractivity (Wildman–Crippen MR) is 554 cm³/mol. The molecule has 0 saturated heterocycles. The molecule has 9 aromatic heterocycles. The number of aromatic nitrogens is 7. The van der Waals surface area contributed by atoms with Crippen molar-refractivity contribution in [1.29, 1.82) is 0 Å². The van der Waals surface area contributed by atoms with Gasteiger partial charge in [0.25, 0.3) is 0 Å². The molecule has 0 spiro atoms. The number of para-hydroxylation sites is 10. The molecule has 0 radical (unpaired) electrons. The molecular weight excluding hydrogens is 1620 g/mol. The Morgan fingerprint density at radius 2 is 0.438 bits per heavy atom. The van der Waals surface area contributed by atoms with Gasteiger partial charge in [-0.2, -0.15) is 0 Å². The highest BCUT2D eigenvalue weighted by molar-refractivity contribution is 7.26. The highest BCUT2D eigenvalue weighted by Crippen LogP contribution is 2.49. The van der Waals surface area contributed by atoms with Crippen LogP contribution in [-0.2, 0) is 7.05 Å². The second-order valence-electron chi connectivity index (χ2n) is 33.8. The molecular formula is C121H79N7S2. The Hall–Kier alpha value is -16.6. The quantitative estimate of drug-likeness (QED) is 0.131. The molecule has 0 aliphatic rings. The number of aryl methyl sites for hydroxylation is 1. The predicted octanol–water partition coefficient (Wildman–Crippen LogP) is 33.2. The van der Waals surface area contributed by atoms with Crippen molar-refractivity contribution in [3.63, 3.8) is 0 Å². The molecule has 19 aromatic carbocycles. The van der Waals surface area contributed by atoms with E-state index in [-0.39, 0.29) is 0 Å². The molecule has 0 fully saturated rings. The standard InChI is InChI=1S/C44H29N3.C44H28N2S.C33H22N2S/c1-4-14-32(15-5-1)45-39-22-12-10-20-35(39)37-28-30(24-26-41(37)45)31-25-27-42-38(29-31)43-36-21-11-13-23-40(36)46(33-16-6-2-7-17-33)44(43)47(42)34-18-8-3-9-19-34;1-4-13-29(14-5-1)34-20-12-21-35-37-27-31(24-26-41(37)47-43(34)35)30-23-25-40-38(28-30)42-36-19-10-11-22-39(36)45(32-15-6-2-7-16-32)44(42)46(40)33-17-8-3-9-18-33;1-34-28-13-7-5-12-25(28)32-27-20-21(15-17-29(27)35(33(32)34)23-9-3-2-4-10-23)22-16-18-31-26(19-22)24-11-6-8-14-30(24)36-31/h1-29H;1-28H;2-20H,1H3. The van der Waals surface area contributed by atoms with Gasteiger partial charge in [0.05, 0.1) is 44.1 Å². The number of hydrogen-bond acceptors (Lipinski definition) is 2. The molecule has 9 heteroatoms. The Kier molecular flexibility index (Phi) is 17.5. The summed E-state index contributed by atoms with van der Waals surface area (Å²) in [5.41, 5.74) is 30.2. The van der Waals surface area contributed by atoms with Crippen molar-refractivity contribution in [3.05, 3.63) is 461 Å². The summed E-state index contributed by atoms with van der Waals surface area (Å²) >= 11 is 3.76. The van der Waals surface area contributed by atoms with Crippen LogP contribution in [0.3, 0.4) is 0 Å². The Balaban J connectivity index is 0.000000104. The number of fused-ring (bicyclic) bond motifs is 24. The van der Waals surface area contributed by atoms with Crippen LogP contribution in [0.5, 0.6) is 0 Å².